The first kappa shape index (κ1) is 43.6. The van der Waals surface area contributed by atoms with E-state index in [0.29, 0.717) is 52.8 Å². The monoisotopic (exact) mass is 881 g/mol. The highest BCUT2D eigenvalue weighted by Gasteiger charge is 2.40. The van der Waals surface area contributed by atoms with Crippen LogP contribution in [0.2, 0.25) is 5.02 Å². The Morgan fingerprint density at radius 1 is 0.919 bits per heavy atom. The molecule has 3 aromatic carbocycles. The van der Waals surface area contributed by atoms with Gasteiger partial charge in [0, 0.05) is 80.9 Å². The number of para-hydroxylation sites is 1. The van der Waals surface area contributed by atoms with Gasteiger partial charge in [-0.1, -0.05) is 42.8 Å². The molecule has 4 aromatic rings. The lowest BCUT2D eigenvalue weighted by molar-refractivity contribution is -0.136. The average Bonchev–Trinajstić information content (AvgIpc) is 3.61. The highest BCUT2D eigenvalue weighted by molar-refractivity contribution is 7.70. The summed E-state index contributed by atoms with van der Waals surface area (Å²) in [7, 11) is -0.878. The number of piperazine rings is 1. The molecule has 1 atom stereocenters. The van der Waals surface area contributed by atoms with E-state index in [4.69, 9.17) is 16.3 Å². The third-order valence-corrected chi connectivity index (χ3v) is 14.7. The highest BCUT2D eigenvalue weighted by atomic mass is 35.5. The molecular weight excluding hydrogens is 825 g/mol. The van der Waals surface area contributed by atoms with Gasteiger partial charge >= 0.3 is 0 Å². The van der Waals surface area contributed by atoms with E-state index in [1.165, 1.54) is 16.8 Å². The van der Waals surface area contributed by atoms with Crippen LogP contribution in [0.1, 0.15) is 66.1 Å². The molecule has 4 aliphatic heterocycles. The summed E-state index contributed by atoms with van der Waals surface area (Å²) in [4.78, 5) is 56.0. The number of halogens is 1. The van der Waals surface area contributed by atoms with Crippen molar-refractivity contribution in [3.8, 4) is 5.75 Å². The van der Waals surface area contributed by atoms with Crippen molar-refractivity contribution < 1.29 is 23.7 Å². The number of carbonyl (C=O) groups is 3. The van der Waals surface area contributed by atoms with Gasteiger partial charge in [0.25, 0.3) is 5.91 Å². The van der Waals surface area contributed by atoms with E-state index < -0.39 is 13.2 Å². The van der Waals surface area contributed by atoms with Crippen LogP contribution in [0.15, 0.2) is 60.8 Å². The van der Waals surface area contributed by atoms with E-state index in [-0.39, 0.29) is 24.1 Å². The van der Waals surface area contributed by atoms with Crippen LogP contribution in [-0.2, 0) is 33.5 Å². The number of piperidine rings is 2. The molecule has 1 unspecified atom stereocenters. The third-order valence-electron chi connectivity index (χ3n) is 12.8. The van der Waals surface area contributed by atoms with Gasteiger partial charge in [-0.15, -0.1) is 0 Å². The fourth-order valence-corrected chi connectivity index (χ4v) is 10.8. The Morgan fingerprint density at radius 3 is 2.42 bits per heavy atom. The lowest BCUT2D eigenvalue weighted by Crippen LogP contribution is -2.53. The van der Waals surface area contributed by atoms with Gasteiger partial charge in [-0.25, -0.2) is 4.98 Å². The number of rotatable bonds is 14. The number of nitrogens with zero attached hydrogens (tertiary/aromatic N) is 6. The predicted molar refractivity (Wildman–Crippen MR) is 246 cm³/mol. The Bertz CT molecular complexity index is 2380. The van der Waals surface area contributed by atoms with Crippen molar-refractivity contribution in [1.29, 1.82) is 0 Å². The van der Waals surface area contributed by atoms with Gasteiger partial charge in [0.2, 0.25) is 17.8 Å². The number of anilines is 5. The van der Waals surface area contributed by atoms with Gasteiger partial charge in [0.15, 0.2) is 5.82 Å². The standard InChI is InChI=1S/C46H57ClN9O5P/c1-5-30-26-37(50-46-48-28-35(47)43(52-46)49-36-13-6-7-14-41(36)62(3,4)60)40(61-2)27-39(30)55-20-17-32(18-21-55)54-24-22-53(23-25-54)19-9-11-31-10-8-12-33-34(31)29-56(45(33)59)38-15-16-42(57)51-44(38)58/h6-8,10,12-14,26-28,32,38H,5,9,11,15-25,29H2,1-4H3,(H,51,57,58)(H2,48,49,50,52). The Hall–Kier alpha value is -5.01. The lowest BCUT2D eigenvalue weighted by atomic mass is 9.99. The van der Waals surface area contributed by atoms with E-state index in [1.54, 1.807) is 31.5 Å². The molecule has 3 saturated heterocycles. The number of imide groups is 1. The van der Waals surface area contributed by atoms with Gasteiger partial charge in [-0.3, -0.25) is 24.6 Å². The number of benzene rings is 3. The largest absolute Gasteiger partial charge is 0.494 e. The maximum absolute atomic E-state index is 13.3. The molecule has 0 aliphatic carbocycles. The summed E-state index contributed by atoms with van der Waals surface area (Å²) in [5.74, 6) is 0.707. The van der Waals surface area contributed by atoms with Crippen molar-refractivity contribution in [1.82, 2.24) is 30.0 Å². The number of hydrogen-bond acceptors (Lipinski definition) is 12. The number of methoxy groups -OCH3 is 1. The Labute approximate surface area is 369 Å². The van der Waals surface area contributed by atoms with Crippen LogP contribution in [0.5, 0.6) is 5.75 Å². The number of nitrogens with one attached hydrogen (secondary N) is 3. The lowest BCUT2D eigenvalue weighted by Gasteiger charge is -2.43. The van der Waals surface area contributed by atoms with Crippen molar-refractivity contribution in [3.05, 3.63) is 88.1 Å². The molecule has 4 aliphatic rings. The molecule has 5 heterocycles. The Morgan fingerprint density at radius 2 is 1.69 bits per heavy atom. The average molecular weight is 882 g/mol. The topological polar surface area (TPSA) is 152 Å². The molecule has 328 valence electrons. The zero-order valence-electron chi connectivity index (χ0n) is 36.1. The van der Waals surface area contributed by atoms with Crippen LogP contribution < -0.4 is 30.9 Å². The molecule has 0 radical (unpaired) electrons. The quantitative estimate of drug-likeness (QED) is 0.0948. The van der Waals surface area contributed by atoms with Crippen LogP contribution >= 0.6 is 18.7 Å². The second-order valence-corrected chi connectivity index (χ2v) is 20.7. The first-order chi connectivity index (χ1) is 29.9. The summed E-state index contributed by atoms with van der Waals surface area (Å²) in [6, 6.07) is 17.6. The zero-order chi connectivity index (χ0) is 43.5. The molecule has 1 aromatic heterocycles. The molecule has 62 heavy (non-hydrogen) atoms. The summed E-state index contributed by atoms with van der Waals surface area (Å²) >= 11 is 6.53. The van der Waals surface area contributed by atoms with Crippen molar-refractivity contribution in [2.45, 2.75) is 70.5 Å². The molecule has 3 fully saturated rings. The van der Waals surface area contributed by atoms with E-state index >= 15 is 0 Å². The normalized spacial score (nSPS) is 19.1. The fourth-order valence-electron chi connectivity index (χ4n) is 9.47. The highest BCUT2D eigenvalue weighted by Crippen LogP contribution is 2.40. The minimum atomic E-state index is -2.56. The van der Waals surface area contributed by atoms with E-state index in [9.17, 15) is 18.9 Å². The van der Waals surface area contributed by atoms with E-state index in [0.717, 1.165) is 94.5 Å². The Balaban J connectivity index is 0.827. The van der Waals surface area contributed by atoms with Gasteiger partial charge in [0.05, 0.1) is 24.7 Å². The number of carbonyl (C=O) groups excluding carboxylic acids is 3. The number of hydrogen-bond donors (Lipinski definition) is 3. The molecule has 14 nitrogen and oxygen atoms in total. The maximum atomic E-state index is 13.3. The molecule has 8 rings (SSSR count). The molecule has 0 bridgehead atoms. The molecule has 3 amide bonds. The van der Waals surface area contributed by atoms with Gasteiger partial charge in [-0.2, -0.15) is 4.98 Å². The first-order valence-corrected chi connectivity index (χ1v) is 24.8. The number of ether oxygens (including phenoxy) is 1. The number of aryl methyl sites for hydroxylation is 2. The van der Waals surface area contributed by atoms with Crippen LogP contribution in [0, 0.1) is 0 Å². The predicted octanol–water partition coefficient (Wildman–Crippen LogP) is 6.42. The van der Waals surface area contributed by atoms with E-state index in [2.05, 4.69) is 65.7 Å². The summed E-state index contributed by atoms with van der Waals surface area (Å²) in [5, 5.41) is 10.1. The van der Waals surface area contributed by atoms with Crippen LogP contribution in [0.25, 0.3) is 0 Å². The Kier molecular flexibility index (Phi) is 13.2. The van der Waals surface area contributed by atoms with Gasteiger partial charge in [-0.05, 0) is 99.4 Å². The summed E-state index contributed by atoms with van der Waals surface area (Å²) in [6.07, 6.45) is 7.11. The van der Waals surface area contributed by atoms with Crippen molar-refractivity contribution in [3.63, 3.8) is 0 Å². The number of amides is 3. The zero-order valence-corrected chi connectivity index (χ0v) is 37.7. The SMILES string of the molecule is CCc1cc(Nc2ncc(Cl)c(Nc3ccccc3P(C)(C)=O)n2)c(OC)cc1N1CCC(N2CCN(CCCc3cccc4c3CN(C3CCC(=O)NC3=O)C4=O)CC2)CC1. The molecule has 16 heteroatoms. The fraction of sp³-hybridized carbons (Fsp3) is 0.457. The number of aromatic nitrogens is 2. The molecule has 3 N–H and O–H groups in total. The van der Waals surface area contributed by atoms with Gasteiger partial charge in [0.1, 0.15) is 24.0 Å². The first-order valence-electron chi connectivity index (χ1n) is 21.8. The van der Waals surface area contributed by atoms with Crippen molar-refractivity contribution in [2.24, 2.45) is 0 Å². The minimum Gasteiger partial charge on any atom is -0.494 e. The molecule has 0 saturated carbocycles. The molecular formula is C46H57ClN9O5P. The van der Waals surface area contributed by atoms with E-state index in [1.807, 2.05) is 36.4 Å². The van der Waals surface area contributed by atoms with Crippen LogP contribution in [0.3, 0.4) is 0 Å². The second-order valence-electron chi connectivity index (χ2n) is 17.1. The molecule has 0 spiro atoms. The summed E-state index contributed by atoms with van der Waals surface area (Å²) in [6.45, 7) is 13.2. The number of fused-ring (bicyclic) bond motifs is 1. The van der Waals surface area contributed by atoms with Crippen LogP contribution in [0.4, 0.5) is 28.8 Å². The second kappa shape index (κ2) is 18.8. The van der Waals surface area contributed by atoms with Crippen molar-refractivity contribution >= 4 is 70.6 Å². The van der Waals surface area contributed by atoms with Crippen molar-refractivity contribution in [2.75, 3.05) is 81.8 Å². The third kappa shape index (κ3) is 9.49. The summed E-state index contributed by atoms with van der Waals surface area (Å²) in [5.41, 5.74) is 6.74. The van der Waals surface area contributed by atoms with Gasteiger partial charge < -0.3 is 34.6 Å². The minimum absolute atomic E-state index is 0.116. The maximum Gasteiger partial charge on any atom is 0.255 e. The summed E-state index contributed by atoms with van der Waals surface area (Å²) < 4.78 is 18.9. The van der Waals surface area contributed by atoms with Crippen LogP contribution in [-0.4, -0.2) is 121 Å². The smallest absolute Gasteiger partial charge is 0.255 e.